The Morgan fingerprint density at radius 2 is 1.92 bits per heavy atom. The summed E-state index contributed by atoms with van der Waals surface area (Å²) in [5.74, 6) is 1.29. The number of thioether (sulfide) groups is 1. The van der Waals surface area contributed by atoms with Crippen LogP contribution in [-0.4, -0.2) is 26.4 Å². The van der Waals surface area contributed by atoms with E-state index < -0.39 is 6.61 Å². The maximum absolute atomic E-state index is 12.5. The third-order valence-corrected chi connectivity index (χ3v) is 4.53. The Kier molecular flexibility index (Phi) is 5.96. The third-order valence-electron chi connectivity index (χ3n) is 3.51. The van der Waals surface area contributed by atoms with Crippen molar-refractivity contribution in [2.75, 3.05) is 0 Å². The van der Waals surface area contributed by atoms with Crippen LogP contribution in [0.1, 0.15) is 5.56 Å². The van der Waals surface area contributed by atoms with Crippen molar-refractivity contribution in [1.82, 2.24) is 19.7 Å². The van der Waals surface area contributed by atoms with Crippen LogP contribution in [0.5, 0.6) is 5.75 Å². The zero-order valence-corrected chi connectivity index (χ0v) is 14.6. The van der Waals surface area contributed by atoms with Crippen LogP contribution in [0.2, 0.25) is 0 Å². The Labute approximate surface area is 153 Å². The van der Waals surface area contributed by atoms with Gasteiger partial charge in [-0.05, 0) is 18.2 Å². The first-order valence-corrected chi connectivity index (χ1v) is 8.77. The van der Waals surface area contributed by atoms with Gasteiger partial charge in [0.2, 0.25) is 0 Å². The van der Waals surface area contributed by atoms with Gasteiger partial charge in [-0.3, -0.25) is 9.55 Å². The van der Waals surface area contributed by atoms with Crippen molar-refractivity contribution in [3.05, 3.63) is 67.0 Å². The second kappa shape index (κ2) is 8.57. The number of allylic oxidation sites excluding steroid dienone is 1. The zero-order chi connectivity index (χ0) is 18.4. The summed E-state index contributed by atoms with van der Waals surface area (Å²) in [5, 5.41) is 9.16. The molecule has 134 valence electrons. The lowest BCUT2D eigenvalue weighted by atomic mass is 10.2. The van der Waals surface area contributed by atoms with E-state index in [-0.39, 0.29) is 5.75 Å². The number of benzene rings is 1. The number of ether oxygens (including phenoxy) is 1. The molecule has 1 aromatic carbocycles. The molecule has 0 aliphatic heterocycles. The Balaban J connectivity index is 1.83. The highest BCUT2D eigenvalue weighted by atomic mass is 32.2. The van der Waals surface area contributed by atoms with Gasteiger partial charge in [0.25, 0.3) is 0 Å². The molecule has 0 saturated heterocycles. The summed E-state index contributed by atoms with van der Waals surface area (Å²) < 4.78 is 31.6. The predicted molar refractivity (Wildman–Crippen MR) is 96.1 cm³/mol. The number of alkyl halides is 2. The maximum Gasteiger partial charge on any atom is 0.387 e. The van der Waals surface area contributed by atoms with E-state index in [2.05, 4.69) is 26.5 Å². The molecule has 0 radical (unpaired) electrons. The molecule has 0 amide bonds. The van der Waals surface area contributed by atoms with Crippen LogP contribution in [0, 0.1) is 0 Å². The van der Waals surface area contributed by atoms with Crippen LogP contribution in [0.25, 0.3) is 11.4 Å². The van der Waals surface area contributed by atoms with Crippen molar-refractivity contribution in [3.63, 3.8) is 0 Å². The smallest absolute Gasteiger partial charge is 0.387 e. The van der Waals surface area contributed by atoms with Gasteiger partial charge in [-0.15, -0.1) is 16.8 Å². The number of hydrogen-bond donors (Lipinski definition) is 0. The minimum Gasteiger partial charge on any atom is -0.435 e. The first kappa shape index (κ1) is 18.1. The van der Waals surface area contributed by atoms with Gasteiger partial charge < -0.3 is 4.74 Å². The molecule has 8 heteroatoms. The summed E-state index contributed by atoms with van der Waals surface area (Å²) in [6.45, 7) is 1.45. The molecule has 0 fully saturated rings. The summed E-state index contributed by atoms with van der Waals surface area (Å²) in [6, 6.07) is 10.4. The van der Waals surface area contributed by atoms with Gasteiger partial charge >= 0.3 is 6.61 Å². The van der Waals surface area contributed by atoms with Crippen molar-refractivity contribution in [2.24, 2.45) is 0 Å². The summed E-state index contributed by atoms with van der Waals surface area (Å²) in [7, 11) is 0. The molecule has 0 aliphatic rings. The highest BCUT2D eigenvalue weighted by molar-refractivity contribution is 7.98. The molecular weight excluding hydrogens is 358 g/mol. The molecule has 0 aliphatic carbocycles. The van der Waals surface area contributed by atoms with E-state index in [9.17, 15) is 8.78 Å². The van der Waals surface area contributed by atoms with Crippen LogP contribution in [-0.2, 0) is 12.3 Å². The summed E-state index contributed by atoms with van der Waals surface area (Å²) in [4.78, 5) is 4.00. The van der Waals surface area contributed by atoms with Gasteiger partial charge in [0, 0.05) is 35.8 Å². The Bertz CT molecular complexity index is 871. The van der Waals surface area contributed by atoms with Crippen molar-refractivity contribution in [1.29, 1.82) is 0 Å². The average molecular weight is 374 g/mol. The molecule has 0 spiro atoms. The molecule has 5 nitrogen and oxygen atoms in total. The molecule has 0 unspecified atom stereocenters. The number of para-hydroxylation sites is 1. The van der Waals surface area contributed by atoms with Gasteiger partial charge in [0.1, 0.15) is 5.75 Å². The van der Waals surface area contributed by atoms with Crippen LogP contribution in [0.3, 0.4) is 0 Å². The minimum atomic E-state index is -2.86. The van der Waals surface area contributed by atoms with E-state index in [1.165, 1.54) is 17.8 Å². The fourth-order valence-corrected chi connectivity index (χ4v) is 3.32. The highest BCUT2D eigenvalue weighted by Crippen LogP contribution is 2.30. The zero-order valence-electron chi connectivity index (χ0n) is 13.8. The molecule has 3 rings (SSSR count). The molecule has 0 N–H and O–H groups in total. The molecule has 26 heavy (non-hydrogen) atoms. The Hall–Kier alpha value is -2.74. The summed E-state index contributed by atoms with van der Waals surface area (Å²) in [6.07, 6.45) is 5.13. The van der Waals surface area contributed by atoms with E-state index in [1.807, 2.05) is 16.7 Å². The monoisotopic (exact) mass is 374 g/mol. The SMILES string of the molecule is C=CCn1c(SCc2ccccc2OC(F)F)nnc1-c1ccncc1. The van der Waals surface area contributed by atoms with Gasteiger partial charge in [0.05, 0.1) is 0 Å². The number of aromatic nitrogens is 4. The van der Waals surface area contributed by atoms with Crippen molar-refractivity contribution in [3.8, 4) is 17.1 Å². The molecule has 3 aromatic rings. The molecule has 0 bridgehead atoms. The fourth-order valence-electron chi connectivity index (χ4n) is 2.38. The highest BCUT2D eigenvalue weighted by Gasteiger charge is 2.15. The molecule has 2 aromatic heterocycles. The number of halogens is 2. The molecule has 2 heterocycles. The summed E-state index contributed by atoms with van der Waals surface area (Å²) >= 11 is 1.40. The number of rotatable bonds is 8. The van der Waals surface area contributed by atoms with E-state index >= 15 is 0 Å². The first-order chi connectivity index (χ1) is 12.7. The van der Waals surface area contributed by atoms with Crippen molar-refractivity contribution < 1.29 is 13.5 Å². The second-order valence-corrected chi connectivity index (χ2v) is 6.16. The van der Waals surface area contributed by atoms with E-state index in [1.54, 1.807) is 36.7 Å². The van der Waals surface area contributed by atoms with Crippen LogP contribution in [0.4, 0.5) is 8.78 Å². The fraction of sp³-hybridized carbons (Fsp3) is 0.167. The van der Waals surface area contributed by atoms with Crippen molar-refractivity contribution >= 4 is 11.8 Å². The average Bonchev–Trinajstić information content (AvgIpc) is 3.04. The lowest BCUT2D eigenvalue weighted by Crippen LogP contribution is -2.04. The second-order valence-electron chi connectivity index (χ2n) is 5.22. The third kappa shape index (κ3) is 4.26. The largest absolute Gasteiger partial charge is 0.435 e. The van der Waals surface area contributed by atoms with Crippen molar-refractivity contribution in [2.45, 2.75) is 24.1 Å². The molecule has 0 atom stereocenters. The number of pyridine rings is 1. The molecule has 0 saturated carbocycles. The first-order valence-electron chi connectivity index (χ1n) is 7.79. The van der Waals surface area contributed by atoms with Crippen LogP contribution < -0.4 is 4.74 Å². The van der Waals surface area contributed by atoms with Crippen LogP contribution in [0.15, 0.2) is 66.6 Å². The standard InChI is InChI=1S/C18H16F2N4OS/c1-2-11-24-16(13-7-9-21-10-8-13)22-23-18(24)26-12-14-5-3-4-6-15(14)25-17(19)20/h2-10,17H,1,11-12H2. The summed E-state index contributed by atoms with van der Waals surface area (Å²) in [5.41, 5.74) is 1.55. The van der Waals surface area contributed by atoms with Gasteiger partial charge in [-0.25, -0.2) is 0 Å². The lowest BCUT2D eigenvalue weighted by molar-refractivity contribution is -0.0503. The predicted octanol–water partition coefficient (Wildman–Crippen LogP) is 4.42. The van der Waals surface area contributed by atoms with Gasteiger partial charge in [-0.2, -0.15) is 8.78 Å². The van der Waals surface area contributed by atoms with Gasteiger partial charge in [-0.1, -0.05) is 36.0 Å². The van der Waals surface area contributed by atoms with E-state index in [4.69, 9.17) is 0 Å². The Morgan fingerprint density at radius 3 is 2.65 bits per heavy atom. The van der Waals surface area contributed by atoms with Crippen LogP contribution >= 0.6 is 11.8 Å². The lowest BCUT2D eigenvalue weighted by Gasteiger charge is -2.11. The van der Waals surface area contributed by atoms with Gasteiger partial charge in [0.15, 0.2) is 11.0 Å². The number of nitrogens with zero attached hydrogens (tertiary/aromatic N) is 4. The number of hydrogen-bond acceptors (Lipinski definition) is 5. The molecular formula is C18H16F2N4OS. The normalized spacial score (nSPS) is 10.9. The quantitative estimate of drug-likeness (QED) is 0.432. The topological polar surface area (TPSA) is 52.8 Å². The maximum atomic E-state index is 12.5. The van der Waals surface area contributed by atoms with E-state index in [0.717, 1.165) is 5.56 Å². The minimum absolute atomic E-state index is 0.166. The van der Waals surface area contributed by atoms with E-state index in [0.29, 0.717) is 28.8 Å². The Morgan fingerprint density at radius 1 is 1.15 bits per heavy atom.